The molecule has 0 aliphatic carbocycles. The van der Waals surface area contributed by atoms with Crippen molar-refractivity contribution in [2.45, 2.75) is 50.9 Å². The summed E-state index contributed by atoms with van der Waals surface area (Å²) in [6.07, 6.45) is 7.99. The average Bonchev–Trinajstić information content (AvgIpc) is 3.14. The molecule has 3 rings (SSSR count). The summed E-state index contributed by atoms with van der Waals surface area (Å²) in [6.45, 7) is 5.40. The van der Waals surface area contributed by atoms with E-state index in [9.17, 15) is 20.1 Å². The molecule has 0 unspecified atom stereocenters. The molecule has 0 aromatic heterocycles. The maximum absolute atomic E-state index is 12.1. The highest BCUT2D eigenvalue weighted by atomic mass is 16.5. The van der Waals surface area contributed by atoms with Crippen LogP contribution in [0.5, 0.6) is 11.5 Å². The SMILES string of the molecule is CC(C)(O)[C@@H]1CC[C@@](C)(/C=C/C=C2/C=C(c3cc(O)ccc3O)OC2=O)O1. The van der Waals surface area contributed by atoms with Crippen LogP contribution < -0.4 is 0 Å². The Balaban J connectivity index is 1.76. The van der Waals surface area contributed by atoms with Gasteiger partial charge in [0, 0.05) is 0 Å². The van der Waals surface area contributed by atoms with E-state index in [1.165, 1.54) is 24.3 Å². The van der Waals surface area contributed by atoms with Crippen molar-refractivity contribution in [3.8, 4) is 11.5 Å². The first-order valence-corrected chi connectivity index (χ1v) is 8.83. The van der Waals surface area contributed by atoms with Crippen molar-refractivity contribution in [3.63, 3.8) is 0 Å². The number of hydrogen-bond acceptors (Lipinski definition) is 6. The first-order valence-electron chi connectivity index (χ1n) is 8.83. The summed E-state index contributed by atoms with van der Waals surface area (Å²) in [7, 11) is 0. The summed E-state index contributed by atoms with van der Waals surface area (Å²) < 4.78 is 11.2. The standard InChI is InChI=1S/C21H24O6/c1-20(2,25)18-8-10-21(3,27-18)9-4-5-13-11-17(26-19(13)24)15-12-14(22)6-7-16(15)23/h4-7,9,11-12,18,22-23,25H,8,10H2,1-3H3/b9-4+,13-5-/t18-,21+/m0/s1. The van der Waals surface area contributed by atoms with Crippen LogP contribution in [-0.2, 0) is 14.3 Å². The highest BCUT2D eigenvalue weighted by molar-refractivity contribution is 6.02. The van der Waals surface area contributed by atoms with Crippen molar-refractivity contribution in [1.29, 1.82) is 0 Å². The number of ether oxygens (including phenoxy) is 2. The average molecular weight is 372 g/mol. The predicted octanol–water partition coefficient (Wildman–Crippen LogP) is 3.19. The number of benzene rings is 1. The molecule has 0 saturated carbocycles. The maximum atomic E-state index is 12.1. The van der Waals surface area contributed by atoms with Crippen LogP contribution in [0.3, 0.4) is 0 Å². The lowest BCUT2D eigenvalue weighted by molar-refractivity contribution is -0.130. The normalized spacial score (nSPS) is 27.4. The molecule has 1 fully saturated rings. The van der Waals surface area contributed by atoms with Gasteiger partial charge in [-0.05, 0) is 64.0 Å². The van der Waals surface area contributed by atoms with Crippen LogP contribution >= 0.6 is 0 Å². The second kappa shape index (κ2) is 6.87. The lowest BCUT2D eigenvalue weighted by Gasteiger charge is -2.28. The van der Waals surface area contributed by atoms with Crippen molar-refractivity contribution in [3.05, 3.63) is 53.6 Å². The van der Waals surface area contributed by atoms with Crippen molar-refractivity contribution in [1.82, 2.24) is 0 Å². The van der Waals surface area contributed by atoms with E-state index in [2.05, 4.69) is 0 Å². The van der Waals surface area contributed by atoms with Crippen molar-refractivity contribution in [2.75, 3.05) is 0 Å². The molecule has 0 bridgehead atoms. The minimum Gasteiger partial charge on any atom is -0.508 e. The first-order chi connectivity index (χ1) is 12.6. The molecule has 1 aromatic carbocycles. The third-order valence-electron chi connectivity index (χ3n) is 4.80. The fraction of sp³-hybridized carbons (Fsp3) is 0.381. The second-order valence-electron chi connectivity index (χ2n) is 7.69. The molecule has 2 atom stereocenters. The molecule has 0 radical (unpaired) electrons. The van der Waals surface area contributed by atoms with Crippen molar-refractivity contribution >= 4 is 11.7 Å². The number of phenolic OH excluding ortho intramolecular Hbond substituents is 2. The van der Waals surface area contributed by atoms with E-state index in [4.69, 9.17) is 9.47 Å². The van der Waals surface area contributed by atoms with Gasteiger partial charge in [0.15, 0.2) is 0 Å². The number of hydrogen-bond donors (Lipinski definition) is 3. The first kappa shape index (κ1) is 19.2. The molecule has 6 nitrogen and oxygen atoms in total. The van der Waals surface area contributed by atoms with E-state index in [0.29, 0.717) is 5.57 Å². The second-order valence-corrected chi connectivity index (χ2v) is 7.69. The molecule has 0 spiro atoms. The number of carbonyl (C=O) groups excluding carboxylic acids is 1. The topological polar surface area (TPSA) is 96.2 Å². The lowest BCUT2D eigenvalue weighted by Crippen LogP contribution is -2.37. The Morgan fingerprint density at radius 2 is 2.04 bits per heavy atom. The molecule has 3 N–H and O–H groups in total. The molecule has 2 aliphatic heterocycles. The zero-order valence-electron chi connectivity index (χ0n) is 15.6. The van der Waals surface area contributed by atoms with Crippen LogP contribution in [0.1, 0.15) is 39.2 Å². The largest absolute Gasteiger partial charge is 0.508 e. The lowest BCUT2D eigenvalue weighted by atomic mass is 9.96. The molecule has 6 heteroatoms. The zero-order valence-corrected chi connectivity index (χ0v) is 15.6. The fourth-order valence-corrected chi connectivity index (χ4v) is 3.19. The van der Waals surface area contributed by atoms with E-state index < -0.39 is 17.2 Å². The molecule has 27 heavy (non-hydrogen) atoms. The van der Waals surface area contributed by atoms with Gasteiger partial charge in [0.2, 0.25) is 0 Å². The number of rotatable bonds is 4. The highest BCUT2D eigenvalue weighted by Gasteiger charge is 2.40. The van der Waals surface area contributed by atoms with Crippen molar-refractivity contribution in [2.24, 2.45) is 0 Å². The Morgan fingerprint density at radius 3 is 2.70 bits per heavy atom. The van der Waals surface area contributed by atoms with E-state index >= 15 is 0 Å². The van der Waals surface area contributed by atoms with E-state index in [0.717, 1.165) is 12.8 Å². The van der Waals surface area contributed by atoms with Crippen LogP contribution in [-0.4, -0.2) is 38.6 Å². The van der Waals surface area contributed by atoms with E-state index in [1.807, 2.05) is 13.0 Å². The number of carbonyl (C=O) groups is 1. The molecule has 1 saturated heterocycles. The van der Waals surface area contributed by atoms with Crippen molar-refractivity contribution < 1.29 is 29.6 Å². The summed E-state index contributed by atoms with van der Waals surface area (Å²) in [5, 5.41) is 29.6. The summed E-state index contributed by atoms with van der Waals surface area (Å²) in [5.41, 5.74) is -0.847. The Labute approximate surface area is 158 Å². The molecule has 1 aromatic rings. The van der Waals surface area contributed by atoms with E-state index in [-0.39, 0.29) is 28.9 Å². The zero-order chi connectivity index (χ0) is 19.8. The third kappa shape index (κ3) is 4.23. The van der Waals surface area contributed by atoms with E-state index in [1.54, 1.807) is 26.0 Å². The Bertz CT molecular complexity index is 843. The summed E-state index contributed by atoms with van der Waals surface area (Å²) in [4.78, 5) is 12.1. The van der Waals surface area contributed by atoms with Gasteiger partial charge in [-0.15, -0.1) is 0 Å². The Hall–Kier alpha value is -2.57. The molecule has 2 aliphatic rings. The maximum Gasteiger partial charge on any atom is 0.343 e. The van der Waals surface area contributed by atoms with Gasteiger partial charge in [-0.3, -0.25) is 0 Å². The van der Waals surface area contributed by atoms with Crippen LogP contribution in [0.25, 0.3) is 5.76 Å². The quantitative estimate of drug-likeness (QED) is 0.427. The highest BCUT2D eigenvalue weighted by Crippen LogP contribution is 2.37. The summed E-state index contributed by atoms with van der Waals surface area (Å²) in [5.74, 6) is -0.486. The van der Waals surface area contributed by atoms with Gasteiger partial charge >= 0.3 is 5.97 Å². The molecular formula is C21H24O6. The van der Waals surface area contributed by atoms with Gasteiger partial charge in [0.1, 0.15) is 17.3 Å². The molecule has 0 amide bonds. The summed E-state index contributed by atoms with van der Waals surface area (Å²) in [6, 6.07) is 4.01. The van der Waals surface area contributed by atoms with Gasteiger partial charge in [0.25, 0.3) is 0 Å². The smallest absolute Gasteiger partial charge is 0.343 e. The number of esters is 1. The Kier molecular flexibility index (Phi) is 4.88. The van der Waals surface area contributed by atoms with Crippen LogP contribution in [0, 0.1) is 0 Å². The minimum atomic E-state index is -0.903. The molecule has 2 heterocycles. The van der Waals surface area contributed by atoms with Crippen LogP contribution in [0.2, 0.25) is 0 Å². The van der Waals surface area contributed by atoms with Crippen LogP contribution in [0.15, 0.2) is 48.1 Å². The molecular weight excluding hydrogens is 348 g/mol. The van der Waals surface area contributed by atoms with Gasteiger partial charge in [0.05, 0.1) is 28.4 Å². The summed E-state index contributed by atoms with van der Waals surface area (Å²) >= 11 is 0. The fourth-order valence-electron chi connectivity index (χ4n) is 3.19. The number of allylic oxidation sites excluding steroid dienone is 2. The Morgan fingerprint density at radius 1 is 1.30 bits per heavy atom. The number of aromatic hydroxyl groups is 2. The minimum absolute atomic E-state index is 0.0373. The van der Waals surface area contributed by atoms with Gasteiger partial charge in [-0.25, -0.2) is 4.79 Å². The van der Waals surface area contributed by atoms with Gasteiger partial charge in [-0.2, -0.15) is 0 Å². The van der Waals surface area contributed by atoms with Crippen LogP contribution in [0.4, 0.5) is 0 Å². The monoisotopic (exact) mass is 372 g/mol. The van der Waals surface area contributed by atoms with Gasteiger partial charge < -0.3 is 24.8 Å². The number of phenols is 2. The predicted molar refractivity (Wildman–Crippen MR) is 99.9 cm³/mol. The number of cyclic esters (lactones) is 1. The molecule has 144 valence electrons. The number of aliphatic hydroxyl groups is 1. The third-order valence-corrected chi connectivity index (χ3v) is 4.80. The van der Waals surface area contributed by atoms with Gasteiger partial charge in [-0.1, -0.05) is 12.2 Å².